The molecule has 2 unspecified atom stereocenters. The summed E-state index contributed by atoms with van der Waals surface area (Å²) < 4.78 is 24.2. The molecule has 0 saturated carbocycles. The van der Waals surface area contributed by atoms with Crippen molar-refractivity contribution >= 4 is 10.0 Å². The lowest BCUT2D eigenvalue weighted by molar-refractivity contribution is 0.299. The first-order valence-corrected chi connectivity index (χ1v) is 8.37. The number of sulfonamides is 1. The summed E-state index contributed by atoms with van der Waals surface area (Å²) in [5.74, 6) is 0. The van der Waals surface area contributed by atoms with Gasteiger partial charge < -0.3 is 5.32 Å². The Labute approximate surface area is 104 Å². The molecule has 2 heterocycles. The molecule has 0 radical (unpaired) electrons. The summed E-state index contributed by atoms with van der Waals surface area (Å²) in [6.45, 7) is 3.92. The number of nitrogens with one attached hydrogen (secondary N) is 2. The van der Waals surface area contributed by atoms with E-state index in [4.69, 9.17) is 0 Å². The highest BCUT2D eigenvalue weighted by molar-refractivity contribution is 7.88. The van der Waals surface area contributed by atoms with Gasteiger partial charge in [0.1, 0.15) is 0 Å². The highest BCUT2D eigenvalue weighted by Gasteiger charge is 2.36. The number of nitrogens with zero attached hydrogens (tertiary/aromatic N) is 1. The highest BCUT2D eigenvalue weighted by atomic mass is 32.2. The first-order valence-electron chi connectivity index (χ1n) is 6.48. The van der Waals surface area contributed by atoms with Gasteiger partial charge in [-0.2, -0.15) is 0 Å². The second-order valence-electron chi connectivity index (χ2n) is 5.11. The first kappa shape index (κ1) is 13.3. The van der Waals surface area contributed by atoms with Crippen molar-refractivity contribution in [2.75, 3.05) is 32.4 Å². The summed E-state index contributed by atoms with van der Waals surface area (Å²) in [5.41, 5.74) is 0. The fourth-order valence-corrected chi connectivity index (χ4v) is 3.47. The Morgan fingerprint density at radius 3 is 2.82 bits per heavy atom. The van der Waals surface area contributed by atoms with E-state index in [0.29, 0.717) is 12.6 Å². The van der Waals surface area contributed by atoms with E-state index < -0.39 is 10.0 Å². The average Bonchev–Trinajstić information content (AvgIpc) is 2.79. The third kappa shape index (κ3) is 3.91. The monoisotopic (exact) mass is 261 g/mol. The molecule has 0 bridgehead atoms. The van der Waals surface area contributed by atoms with E-state index in [0.717, 1.165) is 19.0 Å². The smallest absolute Gasteiger partial charge is 0.208 e. The topological polar surface area (TPSA) is 61.4 Å². The quantitative estimate of drug-likeness (QED) is 0.648. The maximum absolute atomic E-state index is 10.9. The van der Waals surface area contributed by atoms with E-state index in [2.05, 4.69) is 14.9 Å². The molecular weight excluding hydrogens is 238 g/mol. The van der Waals surface area contributed by atoms with Gasteiger partial charge in [-0.1, -0.05) is 0 Å². The third-order valence-electron chi connectivity index (χ3n) is 3.73. The van der Waals surface area contributed by atoms with Crippen LogP contribution in [0.25, 0.3) is 0 Å². The fourth-order valence-electron chi connectivity index (χ4n) is 2.95. The Balaban J connectivity index is 1.59. The molecule has 0 aromatic heterocycles. The van der Waals surface area contributed by atoms with Gasteiger partial charge in [0.15, 0.2) is 0 Å². The van der Waals surface area contributed by atoms with E-state index >= 15 is 0 Å². The van der Waals surface area contributed by atoms with Crippen molar-refractivity contribution in [3.05, 3.63) is 0 Å². The molecule has 2 atom stereocenters. The van der Waals surface area contributed by atoms with Crippen molar-refractivity contribution < 1.29 is 8.42 Å². The molecule has 0 aliphatic carbocycles. The molecule has 2 aliphatic heterocycles. The van der Waals surface area contributed by atoms with Gasteiger partial charge in [-0.05, 0) is 38.8 Å². The molecule has 2 fully saturated rings. The lowest BCUT2D eigenvalue weighted by atomic mass is 10.1. The van der Waals surface area contributed by atoms with Gasteiger partial charge in [0.25, 0.3) is 0 Å². The molecule has 2 saturated heterocycles. The third-order valence-corrected chi connectivity index (χ3v) is 4.46. The van der Waals surface area contributed by atoms with Gasteiger partial charge in [0, 0.05) is 25.2 Å². The lowest BCUT2D eigenvalue weighted by Gasteiger charge is -2.21. The molecule has 2 aliphatic rings. The summed E-state index contributed by atoms with van der Waals surface area (Å²) in [6.07, 6.45) is 5.95. The SMILES string of the molecule is CS(=O)(=O)NCCCNC1CCN2CCCC12. The standard InChI is InChI=1S/C11H23N3O2S/c1-17(15,16)13-7-3-6-12-10-5-9-14-8-2-4-11(10)14/h10-13H,2-9H2,1H3. The van der Waals surface area contributed by atoms with E-state index in [1.165, 1.54) is 38.6 Å². The minimum absolute atomic E-state index is 0.535. The van der Waals surface area contributed by atoms with Crippen LogP contribution in [0.2, 0.25) is 0 Å². The summed E-state index contributed by atoms with van der Waals surface area (Å²) in [6, 6.07) is 1.36. The maximum atomic E-state index is 10.9. The van der Waals surface area contributed by atoms with Crippen molar-refractivity contribution in [3.8, 4) is 0 Å². The lowest BCUT2D eigenvalue weighted by Crippen LogP contribution is -2.40. The van der Waals surface area contributed by atoms with Crippen LogP contribution in [-0.2, 0) is 10.0 Å². The molecule has 2 rings (SSSR count). The van der Waals surface area contributed by atoms with E-state index in [9.17, 15) is 8.42 Å². The zero-order valence-corrected chi connectivity index (χ0v) is 11.3. The van der Waals surface area contributed by atoms with Crippen LogP contribution in [-0.4, -0.2) is 57.8 Å². The predicted molar refractivity (Wildman–Crippen MR) is 68.5 cm³/mol. The molecular formula is C11H23N3O2S. The molecule has 5 nitrogen and oxygen atoms in total. The van der Waals surface area contributed by atoms with Crippen molar-refractivity contribution in [1.82, 2.24) is 14.9 Å². The van der Waals surface area contributed by atoms with Crippen LogP contribution < -0.4 is 10.0 Å². The second-order valence-corrected chi connectivity index (χ2v) is 6.95. The zero-order valence-electron chi connectivity index (χ0n) is 10.5. The maximum Gasteiger partial charge on any atom is 0.208 e. The van der Waals surface area contributed by atoms with Crippen LogP contribution in [0.5, 0.6) is 0 Å². The fraction of sp³-hybridized carbons (Fsp3) is 1.00. The van der Waals surface area contributed by atoms with E-state index in [1.807, 2.05) is 0 Å². The Morgan fingerprint density at radius 2 is 2.06 bits per heavy atom. The summed E-state index contributed by atoms with van der Waals surface area (Å²) in [5, 5.41) is 3.56. The number of hydrogen-bond donors (Lipinski definition) is 2. The molecule has 17 heavy (non-hydrogen) atoms. The molecule has 2 N–H and O–H groups in total. The molecule has 6 heteroatoms. The van der Waals surface area contributed by atoms with Crippen LogP contribution in [0.15, 0.2) is 0 Å². The number of rotatable bonds is 6. The van der Waals surface area contributed by atoms with Crippen LogP contribution in [0.3, 0.4) is 0 Å². The van der Waals surface area contributed by atoms with E-state index in [1.54, 1.807) is 0 Å². The van der Waals surface area contributed by atoms with Crippen LogP contribution in [0.4, 0.5) is 0 Å². The van der Waals surface area contributed by atoms with Crippen LogP contribution >= 0.6 is 0 Å². The van der Waals surface area contributed by atoms with Crippen molar-refractivity contribution in [2.24, 2.45) is 0 Å². The van der Waals surface area contributed by atoms with Gasteiger partial charge in [0.05, 0.1) is 6.26 Å². The molecule has 0 spiro atoms. The number of hydrogen-bond acceptors (Lipinski definition) is 4. The molecule has 0 aromatic rings. The Morgan fingerprint density at radius 1 is 1.24 bits per heavy atom. The van der Waals surface area contributed by atoms with Gasteiger partial charge in [0.2, 0.25) is 10.0 Å². The first-order chi connectivity index (χ1) is 8.06. The molecule has 0 amide bonds. The molecule has 100 valence electrons. The number of fused-ring (bicyclic) bond motifs is 1. The van der Waals surface area contributed by atoms with Crippen molar-refractivity contribution in [2.45, 2.75) is 37.8 Å². The summed E-state index contributed by atoms with van der Waals surface area (Å²) in [4.78, 5) is 2.58. The van der Waals surface area contributed by atoms with Crippen molar-refractivity contribution in [1.29, 1.82) is 0 Å². The normalized spacial score (nSPS) is 29.7. The molecule has 0 aromatic carbocycles. The van der Waals surface area contributed by atoms with E-state index in [-0.39, 0.29) is 0 Å². The largest absolute Gasteiger partial charge is 0.312 e. The summed E-state index contributed by atoms with van der Waals surface area (Å²) in [7, 11) is -3.02. The second kappa shape index (κ2) is 5.65. The highest BCUT2D eigenvalue weighted by Crippen LogP contribution is 2.27. The summed E-state index contributed by atoms with van der Waals surface area (Å²) >= 11 is 0. The van der Waals surface area contributed by atoms with Gasteiger partial charge in [-0.15, -0.1) is 0 Å². The Bertz CT molecular complexity index is 345. The average molecular weight is 261 g/mol. The Kier molecular flexibility index (Phi) is 4.41. The van der Waals surface area contributed by atoms with Gasteiger partial charge in [-0.3, -0.25) is 4.90 Å². The van der Waals surface area contributed by atoms with Gasteiger partial charge in [-0.25, -0.2) is 13.1 Å². The minimum atomic E-state index is -3.02. The zero-order chi connectivity index (χ0) is 12.3. The van der Waals surface area contributed by atoms with Crippen LogP contribution in [0, 0.1) is 0 Å². The van der Waals surface area contributed by atoms with Gasteiger partial charge >= 0.3 is 0 Å². The van der Waals surface area contributed by atoms with Crippen LogP contribution in [0.1, 0.15) is 25.7 Å². The minimum Gasteiger partial charge on any atom is -0.312 e. The van der Waals surface area contributed by atoms with Crippen molar-refractivity contribution in [3.63, 3.8) is 0 Å². The Hall–Kier alpha value is -0.170. The predicted octanol–water partition coefficient (Wildman–Crippen LogP) is -0.248.